The topological polar surface area (TPSA) is 97.0 Å². The van der Waals surface area contributed by atoms with Gasteiger partial charge in [-0.25, -0.2) is 9.97 Å². The molecule has 1 fully saturated rings. The van der Waals surface area contributed by atoms with Crippen LogP contribution < -0.4 is 9.64 Å². The molecule has 40 heavy (non-hydrogen) atoms. The number of amides is 1. The number of ketones is 1. The average Bonchev–Trinajstić information content (AvgIpc) is 3.59. The van der Waals surface area contributed by atoms with Crippen molar-refractivity contribution in [3.63, 3.8) is 0 Å². The van der Waals surface area contributed by atoms with Crippen molar-refractivity contribution >= 4 is 49.8 Å². The maximum atomic E-state index is 13.7. The van der Waals surface area contributed by atoms with Crippen molar-refractivity contribution in [3.05, 3.63) is 94.9 Å². The Balaban J connectivity index is 1.53. The highest BCUT2D eigenvalue weighted by Crippen LogP contribution is 2.45. The van der Waals surface area contributed by atoms with Crippen LogP contribution in [0.2, 0.25) is 0 Å². The number of thiazole rings is 1. The molecule has 5 aromatic rings. The normalized spacial score (nSPS) is 16.9. The lowest BCUT2D eigenvalue weighted by Gasteiger charge is -2.23. The molecule has 8 nitrogen and oxygen atoms in total. The summed E-state index contributed by atoms with van der Waals surface area (Å²) < 4.78 is 8.47. The predicted octanol–water partition coefficient (Wildman–Crippen LogP) is 6.37. The van der Waals surface area contributed by atoms with Crippen molar-refractivity contribution in [2.24, 2.45) is 0 Å². The van der Waals surface area contributed by atoms with Crippen molar-refractivity contribution in [2.75, 3.05) is 11.5 Å². The van der Waals surface area contributed by atoms with Crippen LogP contribution in [0, 0.1) is 13.8 Å². The number of carbonyl (C=O) groups excluding carboxylic acids is 2. The van der Waals surface area contributed by atoms with Gasteiger partial charge in [-0.2, -0.15) is 0 Å². The molecular weight excluding hydrogens is 524 g/mol. The highest BCUT2D eigenvalue weighted by molar-refractivity contribution is 7.22. The van der Waals surface area contributed by atoms with Crippen LogP contribution in [0.4, 0.5) is 5.13 Å². The fraction of sp³-hybridized carbons (Fsp3) is 0.226. The lowest BCUT2D eigenvalue weighted by Crippen LogP contribution is -2.29. The number of unbranched alkanes of at least 4 members (excludes halogenated alkanes) is 1. The van der Waals surface area contributed by atoms with E-state index in [1.165, 1.54) is 16.2 Å². The van der Waals surface area contributed by atoms with Crippen LogP contribution in [0.25, 0.3) is 21.6 Å². The van der Waals surface area contributed by atoms with Gasteiger partial charge in [0.25, 0.3) is 5.78 Å². The molecule has 0 radical (unpaired) electrons. The number of ether oxygens (including phenoxy) is 1. The number of aliphatic hydroxyl groups is 1. The van der Waals surface area contributed by atoms with Gasteiger partial charge in [0.1, 0.15) is 17.1 Å². The van der Waals surface area contributed by atoms with Gasteiger partial charge in [0.2, 0.25) is 0 Å². The number of aromatic nitrogens is 3. The second-order valence-electron chi connectivity index (χ2n) is 9.88. The Morgan fingerprint density at radius 1 is 1.05 bits per heavy atom. The summed E-state index contributed by atoms with van der Waals surface area (Å²) in [6, 6.07) is 17.8. The maximum absolute atomic E-state index is 13.7. The van der Waals surface area contributed by atoms with Crippen LogP contribution in [0.15, 0.2) is 72.4 Å². The lowest BCUT2D eigenvalue weighted by atomic mass is 9.96. The van der Waals surface area contributed by atoms with E-state index in [4.69, 9.17) is 9.72 Å². The molecule has 1 aliphatic heterocycles. The summed E-state index contributed by atoms with van der Waals surface area (Å²) >= 11 is 1.34. The summed E-state index contributed by atoms with van der Waals surface area (Å²) in [6.07, 6.45) is 3.74. The number of aryl methyl sites for hydroxylation is 2. The second kappa shape index (κ2) is 10.2. The first-order valence-electron chi connectivity index (χ1n) is 13.2. The van der Waals surface area contributed by atoms with E-state index in [0.29, 0.717) is 40.1 Å². The largest absolute Gasteiger partial charge is 0.505 e. The Kier molecular flexibility index (Phi) is 6.59. The van der Waals surface area contributed by atoms with Gasteiger partial charge in [-0.3, -0.25) is 18.9 Å². The molecule has 1 amide bonds. The van der Waals surface area contributed by atoms with Crippen molar-refractivity contribution in [1.82, 2.24) is 14.4 Å². The first-order chi connectivity index (χ1) is 19.4. The molecule has 0 saturated carbocycles. The molecule has 1 N–H and O–H groups in total. The Hall–Kier alpha value is -4.50. The SMILES string of the molecule is CCCCOc1ccc(C2C(=C(O)c3c(C)nc4ccccn34)C(=O)C(=O)N2c2nc3ccc(C)cc3s2)cc1. The molecule has 9 heteroatoms. The molecule has 0 bridgehead atoms. The van der Waals surface area contributed by atoms with E-state index in [9.17, 15) is 14.7 Å². The summed E-state index contributed by atoms with van der Waals surface area (Å²) in [7, 11) is 0. The smallest absolute Gasteiger partial charge is 0.301 e. The van der Waals surface area contributed by atoms with Gasteiger partial charge >= 0.3 is 5.91 Å². The number of hydrogen-bond donors (Lipinski definition) is 1. The van der Waals surface area contributed by atoms with Crippen LogP contribution in [-0.2, 0) is 9.59 Å². The molecule has 1 saturated heterocycles. The van der Waals surface area contributed by atoms with Crippen LogP contribution in [0.3, 0.4) is 0 Å². The number of rotatable bonds is 7. The summed E-state index contributed by atoms with van der Waals surface area (Å²) in [5.74, 6) is -1.09. The molecule has 1 atom stereocenters. The third-order valence-electron chi connectivity index (χ3n) is 7.07. The molecule has 3 aromatic heterocycles. The van der Waals surface area contributed by atoms with Crippen molar-refractivity contribution in [3.8, 4) is 5.75 Å². The summed E-state index contributed by atoms with van der Waals surface area (Å²) in [5.41, 5.74) is 4.01. The van der Waals surface area contributed by atoms with Gasteiger partial charge in [-0.05, 0) is 67.8 Å². The quantitative estimate of drug-likeness (QED) is 0.109. The van der Waals surface area contributed by atoms with Crippen LogP contribution in [-0.4, -0.2) is 37.8 Å². The molecule has 2 aromatic carbocycles. The highest BCUT2D eigenvalue weighted by atomic mass is 32.1. The molecule has 1 aliphatic rings. The van der Waals surface area contributed by atoms with Crippen molar-refractivity contribution in [2.45, 2.75) is 39.7 Å². The van der Waals surface area contributed by atoms with E-state index in [-0.39, 0.29) is 11.3 Å². The minimum Gasteiger partial charge on any atom is -0.505 e. The van der Waals surface area contributed by atoms with Gasteiger partial charge in [0.05, 0.1) is 34.1 Å². The number of imidazole rings is 1. The number of nitrogens with zero attached hydrogens (tertiary/aromatic N) is 4. The fourth-order valence-electron chi connectivity index (χ4n) is 5.07. The van der Waals surface area contributed by atoms with E-state index in [2.05, 4.69) is 11.9 Å². The second-order valence-corrected chi connectivity index (χ2v) is 10.9. The highest BCUT2D eigenvalue weighted by Gasteiger charge is 2.48. The number of Topliss-reactive ketones (excluding diaryl/α,β-unsaturated/α-hetero) is 1. The van der Waals surface area contributed by atoms with E-state index >= 15 is 0 Å². The van der Waals surface area contributed by atoms with Gasteiger partial charge < -0.3 is 9.84 Å². The molecular formula is C31H28N4O4S. The van der Waals surface area contributed by atoms with Crippen molar-refractivity contribution in [1.29, 1.82) is 0 Å². The first kappa shape index (κ1) is 25.8. The Labute approximate surface area is 235 Å². The number of benzene rings is 2. The Bertz CT molecular complexity index is 1800. The third-order valence-corrected chi connectivity index (χ3v) is 8.09. The number of pyridine rings is 1. The van der Waals surface area contributed by atoms with Gasteiger partial charge in [-0.1, -0.05) is 48.9 Å². The number of hydrogen-bond acceptors (Lipinski definition) is 7. The molecule has 6 rings (SSSR count). The molecule has 1 unspecified atom stereocenters. The average molecular weight is 553 g/mol. The monoisotopic (exact) mass is 552 g/mol. The number of anilines is 1. The van der Waals surface area contributed by atoms with Crippen LogP contribution in [0.1, 0.15) is 48.3 Å². The van der Waals surface area contributed by atoms with E-state index < -0.39 is 17.7 Å². The lowest BCUT2D eigenvalue weighted by molar-refractivity contribution is -0.132. The van der Waals surface area contributed by atoms with Gasteiger partial charge in [0.15, 0.2) is 10.9 Å². The predicted molar refractivity (Wildman–Crippen MR) is 156 cm³/mol. The van der Waals surface area contributed by atoms with E-state index in [1.807, 2.05) is 67.6 Å². The number of carbonyl (C=O) groups is 2. The zero-order valence-corrected chi connectivity index (χ0v) is 23.2. The number of fused-ring (bicyclic) bond motifs is 2. The van der Waals surface area contributed by atoms with E-state index in [0.717, 1.165) is 28.6 Å². The molecule has 0 spiro atoms. The minimum atomic E-state index is -0.889. The number of aliphatic hydroxyl groups excluding tert-OH is 1. The standard InChI is InChI=1S/C31H28N4O4S/c1-4-5-16-39-21-12-10-20(11-13-21)27-25(28(36)26-19(3)32-24-8-6-7-15-34(24)26)29(37)30(38)35(27)31-33-22-14-9-18(2)17-23(22)40-31/h6-15,17,27,36H,4-5,16H2,1-3H3. The van der Waals surface area contributed by atoms with Gasteiger partial charge in [0, 0.05) is 6.20 Å². The molecule has 0 aliphatic carbocycles. The summed E-state index contributed by atoms with van der Waals surface area (Å²) in [4.78, 5) is 38.0. The zero-order valence-electron chi connectivity index (χ0n) is 22.4. The summed E-state index contributed by atoms with van der Waals surface area (Å²) in [6.45, 7) is 6.47. The van der Waals surface area contributed by atoms with Crippen LogP contribution >= 0.6 is 11.3 Å². The first-order valence-corrected chi connectivity index (χ1v) is 14.0. The van der Waals surface area contributed by atoms with Crippen molar-refractivity contribution < 1.29 is 19.4 Å². The van der Waals surface area contributed by atoms with Gasteiger partial charge in [-0.15, -0.1) is 0 Å². The third kappa shape index (κ3) is 4.32. The van der Waals surface area contributed by atoms with E-state index in [1.54, 1.807) is 17.5 Å². The molecule has 4 heterocycles. The minimum absolute atomic E-state index is 0.00570. The Morgan fingerprint density at radius 2 is 1.85 bits per heavy atom. The summed E-state index contributed by atoms with van der Waals surface area (Å²) in [5, 5.41) is 12.1. The fourth-order valence-corrected chi connectivity index (χ4v) is 6.17. The zero-order chi connectivity index (χ0) is 28.0. The van der Waals surface area contributed by atoms with Crippen LogP contribution in [0.5, 0.6) is 5.75 Å². The molecule has 202 valence electrons. The maximum Gasteiger partial charge on any atom is 0.301 e. The Morgan fingerprint density at radius 3 is 2.62 bits per heavy atom.